The van der Waals surface area contributed by atoms with E-state index in [9.17, 15) is 14.4 Å². The molecule has 1 fully saturated rings. The summed E-state index contributed by atoms with van der Waals surface area (Å²) >= 11 is 0. The minimum absolute atomic E-state index is 0.00299. The van der Waals surface area contributed by atoms with Gasteiger partial charge in [0.25, 0.3) is 0 Å². The average molecular weight is 553 g/mol. The summed E-state index contributed by atoms with van der Waals surface area (Å²) in [6, 6.07) is 18.5. The van der Waals surface area contributed by atoms with Crippen LogP contribution in [0.25, 0.3) is 0 Å². The van der Waals surface area contributed by atoms with Crippen molar-refractivity contribution in [3.05, 3.63) is 71.8 Å². The van der Waals surface area contributed by atoms with Crippen LogP contribution in [0.5, 0.6) is 0 Å². The number of urea groups is 1. The van der Waals surface area contributed by atoms with Gasteiger partial charge in [0, 0.05) is 25.9 Å². The lowest BCUT2D eigenvalue weighted by Gasteiger charge is -2.38. The fraction of sp³-hybridized carbons (Fsp3) is 0.516. The van der Waals surface area contributed by atoms with E-state index in [0.717, 1.165) is 11.1 Å². The molecule has 2 atom stereocenters. The molecule has 0 aliphatic carbocycles. The number of ether oxygens (including phenoxy) is 1. The average Bonchev–Trinajstić information content (AvgIpc) is 3.15. The first kappa shape index (κ1) is 30.6. The largest absolute Gasteiger partial charge is 0.469 e. The molecule has 7 nitrogen and oxygen atoms in total. The predicted molar refractivity (Wildman–Crippen MR) is 156 cm³/mol. The molecule has 1 aliphatic rings. The number of benzene rings is 2. The van der Waals surface area contributed by atoms with Gasteiger partial charge in [-0.25, -0.2) is 4.79 Å². The molecule has 0 N–H and O–H groups in total. The first-order chi connectivity index (χ1) is 18.4. The highest BCUT2D eigenvalue weighted by Gasteiger charge is 2.50. The molecule has 0 aromatic heterocycles. The number of esters is 1. The number of nitrogens with zero attached hydrogens (tertiary/aromatic N) is 2. The Bertz CT molecular complexity index is 1100. The minimum atomic E-state index is -2.14. The maximum atomic E-state index is 14.0. The fourth-order valence-electron chi connectivity index (χ4n) is 4.61. The van der Waals surface area contributed by atoms with Crippen molar-refractivity contribution in [3.63, 3.8) is 0 Å². The van der Waals surface area contributed by atoms with Crippen molar-refractivity contribution in [1.82, 2.24) is 9.80 Å². The van der Waals surface area contributed by atoms with Gasteiger partial charge >= 0.3 is 12.0 Å². The standard InChI is InChI=1S/C31H44N2O5Si/c1-31(2,3)39(5,6)38-23-26-29(27(34)19-13-14-20-28(35)37-4)33(22-25-17-11-8-12-18-25)30(36)32(26)21-24-15-9-7-10-16-24/h7-12,15-18,26,29H,13-14,19-23H2,1-6H3/t26-,29+/m0/s1. The molecule has 0 radical (unpaired) electrons. The number of hydrogen-bond donors (Lipinski definition) is 0. The summed E-state index contributed by atoms with van der Waals surface area (Å²) in [4.78, 5) is 43.0. The van der Waals surface area contributed by atoms with Crippen LogP contribution in [-0.4, -0.2) is 61.7 Å². The molecule has 0 spiro atoms. The van der Waals surface area contributed by atoms with E-state index in [1.165, 1.54) is 7.11 Å². The molecular weight excluding hydrogens is 508 g/mol. The zero-order valence-electron chi connectivity index (χ0n) is 24.3. The molecule has 2 aromatic carbocycles. The van der Waals surface area contributed by atoms with Crippen LogP contribution >= 0.6 is 0 Å². The Morgan fingerprint density at radius 3 is 1.87 bits per heavy atom. The van der Waals surface area contributed by atoms with Crippen molar-refractivity contribution in [1.29, 1.82) is 0 Å². The van der Waals surface area contributed by atoms with Crippen LogP contribution < -0.4 is 0 Å². The molecule has 2 aromatic rings. The van der Waals surface area contributed by atoms with E-state index in [2.05, 4.69) is 33.9 Å². The molecule has 1 aliphatic heterocycles. The highest BCUT2D eigenvalue weighted by molar-refractivity contribution is 6.74. The van der Waals surface area contributed by atoms with E-state index in [0.29, 0.717) is 32.5 Å². The van der Waals surface area contributed by atoms with Crippen LogP contribution in [0.15, 0.2) is 60.7 Å². The zero-order chi connectivity index (χ0) is 28.6. The van der Waals surface area contributed by atoms with Crippen molar-refractivity contribution in [3.8, 4) is 0 Å². The minimum Gasteiger partial charge on any atom is -0.469 e. The molecule has 3 rings (SSSR count). The Morgan fingerprint density at radius 1 is 0.846 bits per heavy atom. The summed E-state index contributed by atoms with van der Waals surface area (Å²) in [7, 11) is -0.775. The maximum absolute atomic E-state index is 14.0. The van der Waals surface area contributed by atoms with E-state index >= 15 is 0 Å². The zero-order valence-corrected chi connectivity index (χ0v) is 25.3. The third-order valence-corrected chi connectivity index (χ3v) is 12.5. The Balaban J connectivity index is 1.93. The molecule has 39 heavy (non-hydrogen) atoms. The SMILES string of the molecule is COC(=O)CCCCC(=O)[C@H]1[C@H](CO[Si](C)(C)C(C)(C)C)N(Cc2ccccc2)C(=O)N1Cc1ccccc1. The number of carbonyl (C=O) groups is 3. The first-order valence-electron chi connectivity index (χ1n) is 13.8. The highest BCUT2D eigenvalue weighted by atomic mass is 28.4. The van der Waals surface area contributed by atoms with E-state index in [4.69, 9.17) is 9.16 Å². The van der Waals surface area contributed by atoms with Gasteiger partial charge in [0.1, 0.15) is 6.04 Å². The number of Topliss-reactive ketones (excluding diaryl/α,β-unsaturated/α-hetero) is 1. The van der Waals surface area contributed by atoms with Gasteiger partial charge in [-0.15, -0.1) is 0 Å². The first-order valence-corrected chi connectivity index (χ1v) is 16.7. The topological polar surface area (TPSA) is 76.2 Å². The molecule has 1 saturated heterocycles. The Morgan fingerprint density at radius 2 is 1.36 bits per heavy atom. The van der Waals surface area contributed by atoms with Gasteiger partial charge in [0.05, 0.1) is 19.8 Å². The summed E-state index contributed by atoms with van der Waals surface area (Å²) < 4.78 is 11.4. The van der Waals surface area contributed by atoms with Crippen LogP contribution in [0.2, 0.25) is 18.1 Å². The number of ketones is 1. The van der Waals surface area contributed by atoms with Gasteiger partial charge in [-0.1, -0.05) is 81.4 Å². The van der Waals surface area contributed by atoms with Crippen LogP contribution in [-0.2, 0) is 31.8 Å². The van der Waals surface area contributed by atoms with Crippen LogP contribution in [0.4, 0.5) is 4.79 Å². The van der Waals surface area contributed by atoms with Gasteiger partial charge in [0.15, 0.2) is 14.1 Å². The quantitative estimate of drug-likeness (QED) is 0.168. The molecule has 0 unspecified atom stereocenters. The van der Waals surface area contributed by atoms with Gasteiger partial charge < -0.3 is 19.0 Å². The van der Waals surface area contributed by atoms with Gasteiger partial charge in [-0.2, -0.15) is 0 Å². The van der Waals surface area contributed by atoms with E-state index in [1.54, 1.807) is 4.90 Å². The Labute approximate surface area is 234 Å². The van der Waals surface area contributed by atoms with E-state index in [-0.39, 0.29) is 35.7 Å². The summed E-state index contributed by atoms with van der Waals surface area (Å²) in [5.74, 6) is -0.276. The molecule has 0 saturated carbocycles. The van der Waals surface area contributed by atoms with Crippen molar-refractivity contribution in [2.24, 2.45) is 0 Å². The van der Waals surface area contributed by atoms with Crippen molar-refractivity contribution < 1.29 is 23.5 Å². The Hall–Kier alpha value is -2.97. The third kappa shape index (κ3) is 8.02. The summed E-state index contributed by atoms with van der Waals surface area (Å²) in [5.41, 5.74) is 1.98. The lowest BCUT2D eigenvalue weighted by Crippen LogP contribution is -2.49. The van der Waals surface area contributed by atoms with Crippen molar-refractivity contribution in [2.75, 3.05) is 13.7 Å². The number of methoxy groups -OCH3 is 1. The number of unbranched alkanes of at least 4 members (excludes halogenated alkanes) is 1. The molecule has 2 amide bonds. The van der Waals surface area contributed by atoms with Gasteiger partial charge in [-0.3, -0.25) is 9.59 Å². The third-order valence-electron chi connectivity index (χ3n) is 8.02. The lowest BCUT2D eigenvalue weighted by molar-refractivity contribution is -0.140. The second-order valence-corrected chi connectivity index (χ2v) is 16.7. The van der Waals surface area contributed by atoms with Crippen molar-refractivity contribution in [2.45, 2.75) is 89.8 Å². The van der Waals surface area contributed by atoms with E-state index in [1.807, 2.05) is 65.6 Å². The highest BCUT2D eigenvalue weighted by Crippen LogP contribution is 2.38. The summed E-state index contributed by atoms with van der Waals surface area (Å²) in [6.45, 7) is 12.0. The number of carbonyl (C=O) groups excluding carboxylic acids is 3. The second-order valence-electron chi connectivity index (χ2n) is 11.8. The van der Waals surface area contributed by atoms with E-state index < -0.39 is 20.4 Å². The second kappa shape index (κ2) is 13.4. The predicted octanol–water partition coefficient (Wildman–Crippen LogP) is 6.19. The molecule has 212 valence electrons. The van der Waals surface area contributed by atoms with Gasteiger partial charge in [-0.05, 0) is 42.1 Å². The lowest BCUT2D eigenvalue weighted by atomic mass is 9.98. The Kier molecular flexibility index (Phi) is 10.5. The maximum Gasteiger partial charge on any atom is 0.321 e. The number of rotatable bonds is 13. The van der Waals surface area contributed by atoms with Gasteiger partial charge in [0.2, 0.25) is 0 Å². The summed E-state index contributed by atoms with van der Waals surface area (Å²) in [5, 5.41) is -0.00299. The summed E-state index contributed by atoms with van der Waals surface area (Å²) in [6.07, 6.45) is 1.69. The van der Waals surface area contributed by atoms with Crippen LogP contribution in [0.1, 0.15) is 57.6 Å². The normalized spacial score (nSPS) is 17.9. The molecule has 8 heteroatoms. The van der Waals surface area contributed by atoms with Crippen molar-refractivity contribution >= 4 is 26.1 Å². The number of hydrogen-bond acceptors (Lipinski definition) is 5. The monoisotopic (exact) mass is 552 g/mol. The fourth-order valence-corrected chi connectivity index (χ4v) is 5.63. The number of amides is 2. The molecule has 0 bridgehead atoms. The molecular formula is C31H44N2O5Si. The smallest absolute Gasteiger partial charge is 0.321 e. The van der Waals surface area contributed by atoms with Crippen LogP contribution in [0, 0.1) is 0 Å². The van der Waals surface area contributed by atoms with Crippen LogP contribution in [0.3, 0.4) is 0 Å². The molecule has 1 heterocycles.